The predicted molar refractivity (Wildman–Crippen MR) is 108 cm³/mol. The SMILES string of the molecule is [3H]c1ccnc(C(C)C)n1.[3H]c1ccnc(C(C)C)n1.[3H]c1cnc(C(C)C)nc1. The molecule has 0 fully saturated rings. The molecule has 6 heteroatoms. The lowest BCUT2D eigenvalue weighted by molar-refractivity contribution is 0.774. The fourth-order valence-corrected chi connectivity index (χ4v) is 1.69. The van der Waals surface area contributed by atoms with Crippen molar-refractivity contribution < 1.29 is 4.11 Å². The minimum atomic E-state index is 0.290. The molecule has 0 saturated carbocycles. The third kappa shape index (κ3) is 9.49. The number of hydrogen-bond donors (Lipinski definition) is 0. The molecule has 144 valence electrons. The highest BCUT2D eigenvalue weighted by Crippen LogP contribution is 2.06. The Kier molecular flexibility index (Phi) is 8.21. The Morgan fingerprint density at radius 1 is 0.556 bits per heavy atom. The van der Waals surface area contributed by atoms with Gasteiger partial charge in [-0.05, 0) is 18.2 Å². The molecule has 0 saturated heterocycles. The number of rotatable bonds is 3. The van der Waals surface area contributed by atoms with Gasteiger partial charge in [0.25, 0.3) is 0 Å². The van der Waals surface area contributed by atoms with Crippen LogP contribution in [0.2, 0.25) is 0 Å². The first kappa shape index (κ1) is 17.6. The summed E-state index contributed by atoms with van der Waals surface area (Å²) in [6.07, 6.45) is 6.84. The first-order valence-electron chi connectivity index (χ1n) is 10.5. The molecular weight excluding hydrogens is 336 g/mol. The molecule has 6 nitrogen and oxygen atoms in total. The molecular formula is C21H30N6. The first-order chi connectivity index (χ1) is 14.1. The molecule has 0 aliphatic heterocycles. The Morgan fingerprint density at radius 3 is 1.19 bits per heavy atom. The van der Waals surface area contributed by atoms with Crippen molar-refractivity contribution in [3.05, 3.63) is 72.8 Å². The molecule has 27 heavy (non-hydrogen) atoms. The van der Waals surface area contributed by atoms with E-state index in [9.17, 15) is 0 Å². The standard InChI is InChI=1S/3C7H10N2/c3*1-6(2)7-8-4-3-5-9-7/h3*3-6H,1-2H3/i2*4T;3T. The largest absolute Gasteiger partial charge is 0.241 e. The van der Waals surface area contributed by atoms with E-state index in [4.69, 9.17) is 4.11 Å². The number of aromatic nitrogens is 6. The Labute approximate surface area is 166 Å². The number of hydrogen-bond acceptors (Lipinski definition) is 6. The molecule has 0 aromatic carbocycles. The molecule has 0 bridgehead atoms. The zero-order valence-corrected chi connectivity index (χ0v) is 16.9. The maximum Gasteiger partial charge on any atom is 0.130 e. The summed E-state index contributed by atoms with van der Waals surface area (Å²) in [7, 11) is 0. The van der Waals surface area contributed by atoms with E-state index < -0.39 is 0 Å². The topological polar surface area (TPSA) is 77.3 Å². The maximum atomic E-state index is 7.18. The predicted octanol–water partition coefficient (Wildman–Crippen LogP) is 4.80. The van der Waals surface area contributed by atoms with Gasteiger partial charge in [0.05, 0.1) is 4.11 Å². The van der Waals surface area contributed by atoms with E-state index >= 15 is 0 Å². The average Bonchev–Trinajstić information content (AvgIpc) is 2.69. The molecule has 3 aromatic rings. The van der Waals surface area contributed by atoms with E-state index in [1.165, 1.54) is 12.4 Å². The van der Waals surface area contributed by atoms with E-state index in [0.29, 0.717) is 36.1 Å². The molecule has 0 aliphatic carbocycles. The molecule has 0 spiro atoms. The van der Waals surface area contributed by atoms with Gasteiger partial charge in [0.2, 0.25) is 0 Å². The Balaban J connectivity index is 0.000000225. The molecule has 0 unspecified atom stereocenters. The highest BCUT2D eigenvalue weighted by Gasteiger charge is 1.98. The van der Waals surface area contributed by atoms with Gasteiger partial charge in [-0.25, -0.2) is 29.9 Å². The van der Waals surface area contributed by atoms with E-state index in [1.54, 1.807) is 24.5 Å². The minimum Gasteiger partial charge on any atom is -0.241 e. The number of nitrogens with zero attached hydrogens (tertiary/aromatic N) is 6. The Hall–Kier alpha value is -2.76. The normalized spacial score (nSPS) is 11.7. The van der Waals surface area contributed by atoms with E-state index in [0.717, 1.165) is 17.5 Å². The van der Waals surface area contributed by atoms with Gasteiger partial charge in [0.15, 0.2) is 0 Å². The second-order valence-corrected chi connectivity index (χ2v) is 6.59. The molecule has 0 radical (unpaired) electrons. The van der Waals surface area contributed by atoms with Crippen molar-refractivity contribution in [1.82, 2.24) is 29.9 Å². The summed E-state index contributed by atoms with van der Waals surface area (Å²) in [5, 5.41) is 0. The van der Waals surface area contributed by atoms with Gasteiger partial charge < -0.3 is 0 Å². The lowest BCUT2D eigenvalue weighted by atomic mass is 10.2. The summed E-state index contributed by atoms with van der Waals surface area (Å²) in [5.41, 5.74) is 0. The van der Waals surface area contributed by atoms with Crippen molar-refractivity contribution in [3.63, 3.8) is 0 Å². The van der Waals surface area contributed by atoms with Crippen molar-refractivity contribution in [3.8, 4) is 0 Å². The fourth-order valence-electron chi connectivity index (χ4n) is 1.69. The average molecular weight is 373 g/mol. The van der Waals surface area contributed by atoms with Crippen LogP contribution in [0.4, 0.5) is 0 Å². The van der Waals surface area contributed by atoms with Crippen LogP contribution in [-0.2, 0) is 0 Å². The lowest BCUT2D eigenvalue weighted by Crippen LogP contribution is -1.93. The Morgan fingerprint density at radius 2 is 0.889 bits per heavy atom. The summed E-state index contributed by atoms with van der Waals surface area (Å²) >= 11 is 0. The van der Waals surface area contributed by atoms with Gasteiger partial charge in [-0.1, -0.05) is 41.5 Å². The van der Waals surface area contributed by atoms with Gasteiger partial charge in [0, 0.05) is 54.9 Å². The van der Waals surface area contributed by atoms with Crippen LogP contribution in [0.5, 0.6) is 0 Å². The van der Waals surface area contributed by atoms with Gasteiger partial charge in [-0.2, -0.15) is 0 Å². The van der Waals surface area contributed by atoms with Crippen LogP contribution in [-0.4, -0.2) is 29.9 Å². The highest BCUT2D eigenvalue weighted by atomic mass is 14.9. The summed E-state index contributed by atoms with van der Waals surface area (Å²) < 4.78 is 21.5. The monoisotopic (exact) mass is 372 g/mol. The molecule has 0 N–H and O–H groups in total. The smallest absolute Gasteiger partial charge is 0.130 e. The lowest BCUT2D eigenvalue weighted by Gasteiger charge is -1.98. The van der Waals surface area contributed by atoms with Crippen molar-refractivity contribution in [2.75, 3.05) is 0 Å². The van der Waals surface area contributed by atoms with E-state index in [-0.39, 0.29) is 0 Å². The maximum absolute atomic E-state index is 7.18. The molecule has 0 amide bonds. The van der Waals surface area contributed by atoms with Crippen LogP contribution < -0.4 is 0 Å². The van der Waals surface area contributed by atoms with E-state index in [1.807, 2.05) is 41.5 Å². The molecule has 3 heterocycles. The van der Waals surface area contributed by atoms with Crippen LogP contribution >= 0.6 is 0 Å². The van der Waals surface area contributed by atoms with Crippen LogP contribution in [0, 0.1) is 0 Å². The van der Waals surface area contributed by atoms with Crippen molar-refractivity contribution >= 4 is 0 Å². The summed E-state index contributed by atoms with van der Waals surface area (Å²) in [6.45, 7) is 12.1. The van der Waals surface area contributed by atoms with Crippen LogP contribution in [0.25, 0.3) is 0 Å². The van der Waals surface area contributed by atoms with Crippen LogP contribution in [0.1, 0.15) is 80.9 Å². The summed E-state index contributed by atoms with van der Waals surface area (Å²) in [6, 6.07) is 3.52. The molecule has 0 aliphatic rings. The summed E-state index contributed by atoms with van der Waals surface area (Å²) in [5.74, 6) is 3.26. The zero-order valence-electron chi connectivity index (χ0n) is 19.9. The minimum absolute atomic E-state index is 0.290. The molecule has 3 rings (SSSR count). The third-order valence-corrected chi connectivity index (χ3v) is 3.16. The summed E-state index contributed by atoms with van der Waals surface area (Å²) in [4.78, 5) is 23.8. The molecule has 3 aromatic heterocycles. The van der Waals surface area contributed by atoms with E-state index in [2.05, 4.69) is 29.9 Å². The van der Waals surface area contributed by atoms with Gasteiger partial charge in [0.1, 0.15) is 17.5 Å². The van der Waals surface area contributed by atoms with Gasteiger partial charge in [-0.3, -0.25) is 0 Å². The van der Waals surface area contributed by atoms with Gasteiger partial charge >= 0.3 is 0 Å². The second kappa shape index (κ2) is 12.6. The van der Waals surface area contributed by atoms with Crippen molar-refractivity contribution in [2.45, 2.75) is 59.3 Å². The highest BCUT2D eigenvalue weighted by molar-refractivity contribution is 4.94. The fraction of sp³-hybridized carbons (Fsp3) is 0.429. The second-order valence-electron chi connectivity index (χ2n) is 6.59. The zero-order chi connectivity index (χ0) is 22.7. The van der Waals surface area contributed by atoms with Crippen molar-refractivity contribution in [1.29, 1.82) is 0 Å². The van der Waals surface area contributed by atoms with Crippen molar-refractivity contribution in [2.24, 2.45) is 0 Å². The van der Waals surface area contributed by atoms with Crippen LogP contribution in [0.15, 0.2) is 55.3 Å². The molecule has 0 atom stereocenters. The van der Waals surface area contributed by atoms with Crippen LogP contribution in [0.3, 0.4) is 0 Å². The first-order valence-corrected chi connectivity index (χ1v) is 8.97. The van der Waals surface area contributed by atoms with Gasteiger partial charge in [-0.15, -0.1) is 0 Å². The Bertz CT molecular complexity index is 836. The quantitative estimate of drug-likeness (QED) is 0.657. The third-order valence-electron chi connectivity index (χ3n) is 3.16.